The molecular weight excluding hydrogens is 490 g/mol. The first-order valence-electron chi connectivity index (χ1n) is 10.5. The minimum atomic E-state index is -3.97. The molecule has 0 unspecified atom stereocenters. The van der Waals surface area contributed by atoms with Crippen molar-refractivity contribution in [2.24, 2.45) is 0 Å². The Morgan fingerprint density at radius 3 is 2.57 bits per heavy atom. The average molecular weight is 512 g/mol. The lowest BCUT2D eigenvalue weighted by Crippen LogP contribution is -2.14. The van der Waals surface area contributed by atoms with E-state index in [9.17, 15) is 8.42 Å². The summed E-state index contributed by atoms with van der Waals surface area (Å²) >= 11 is 0. The summed E-state index contributed by atoms with van der Waals surface area (Å²) in [7, 11) is -3.97. The molecule has 11 heteroatoms. The maximum atomic E-state index is 13.4. The smallest absolute Gasteiger partial charge is 0.264 e. The van der Waals surface area contributed by atoms with Gasteiger partial charge in [0.15, 0.2) is 0 Å². The molecule has 5 aromatic rings. The second-order valence-electron chi connectivity index (χ2n) is 7.77. The predicted octanol–water partition coefficient (Wildman–Crippen LogP) is 5.08. The molecule has 1 N–H and O–H groups in total. The Hall–Kier alpha value is -3.89. The standard InChI is InChI=1S/C24H21N5O4S.ClH/c1-16-17(2)27-33-23(16)28-34(30,31)22-6-4-3-5-21(22)20-8-7-18(24-26-10-12-32-24)13-19(20)14-29-11-9-25-15-29;/h3-13,15,28H,14H2,1-2H3;1H. The summed E-state index contributed by atoms with van der Waals surface area (Å²) in [6, 6.07) is 12.5. The van der Waals surface area contributed by atoms with Gasteiger partial charge in [0.25, 0.3) is 10.0 Å². The molecule has 3 heterocycles. The molecule has 0 spiro atoms. The van der Waals surface area contributed by atoms with Gasteiger partial charge in [-0.1, -0.05) is 29.4 Å². The number of hydrogen-bond donors (Lipinski definition) is 1. The average Bonchev–Trinajstić information content (AvgIpc) is 3.60. The number of sulfonamides is 1. The Kier molecular flexibility index (Phi) is 6.77. The number of hydrogen-bond acceptors (Lipinski definition) is 7. The van der Waals surface area contributed by atoms with Gasteiger partial charge in [-0.15, -0.1) is 12.4 Å². The van der Waals surface area contributed by atoms with Crippen LogP contribution in [-0.2, 0) is 16.6 Å². The number of halogens is 1. The molecule has 0 atom stereocenters. The summed E-state index contributed by atoms with van der Waals surface area (Å²) in [5.74, 6) is 0.586. The van der Waals surface area contributed by atoms with Crippen LogP contribution in [0.1, 0.15) is 16.8 Å². The van der Waals surface area contributed by atoms with Crippen molar-refractivity contribution in [1.82, 2.24) is 19.7 Å². The maximum absolute atomic E-state index is 13.4. The molecule has 180 valence electrons. The molecule has 0 fully saturated rings. The molecule has 2 aromatic carbocycles. The zero-order valence-electron chi connectivity index (χ0n) is 18.9. The lowest BCUT2D eigenvalue weighted by molar-refractivity contribution is 0.430. The van der Waals surface area contributed by atoms with Gasteiger partial charge in [0, 0.05) is 35.6 Å². The van der Waals surface area contributed by atoms with E-state index in [1.54, 1.807) is 56.8 Å². The second-order valence-corrected chi connectivity index (χ2v) is 9.42. The molecule has 0 aliphatic rings. The summed E-state index contributed by atoms with van der Waals surface area (Å²) in [5.41, 5.74) is 4.24. The number of anilines is 1. The molecule has 0 aliphatic carbocycles. The minimum absolute atomic E-state index is 0. The number of aromatic nitrogens is 4. The molecule has 0 aliphatic heterocycles. The lowest BCUT2D eigenvalue weighted by atomic mass is 9.97. The van der Waals surface area contributed by atoms with E-state index < -0.39 is 10.0 Å². The Labute approximate surface area is 208 Å². The molecular formula is C24H22ClN5O4S. The van der Waals surface area contributed by atoms with Crippen molar-refractivity contribution in [2.45, 2.75) is 25.3 Å². The molecule has 0 bridgehead atoms. The SMILES string of the molecule is Cc1noc(NS(=O)(=O)c2ccccc2-c2ccc(-c3ncco3)cc2Cn2ccnc2)c1C.Cl. The van der Waals surface area contributed by atoms with Crippen LogP contribution in [0.5, 0.6) is 0 Å². The summed E-state index contributed by atoms with van der Waals surface area (Å²) < 4.78 is 41.9. The van der Waals surface area contributed by atoms with E-state index in [0.717, 1.165) is 16.7 Å². The van der Waals surface area contributed by atoms with Crippen molar-refractivity contribution >= 4 is 28.3 Å². The number of benzene rings is 2. The molecule has 0 saturated heterocycles. The molecule has 0 amide bonds. The second kappa shape index (κ2) is 9.77. The fourth-order valence-corrected chi connectivity index (χ4v) is 4.94. The van der Waals surface area contributed by atoms with Gasteiger partial charge in [-0.2, -0.15) is 0 Å². The fraction of sp³-hybridized carbons (Fsp3) is 0.125. The van der Waals surface area contributed by atoms with Crippen molar-refractivity contribution in [3.05, 3.63) is 90.5 Å². The third kappa shape index (κ3) is 4.84. The van der Waals surface area contributed by atoms with Gasteiger partial charge in [-0.25, -0.2) is 23.1 Å². The zero-order chi connectivity index (χ0) is 23.7. The van der Waals surface area contributed by atoms with E-state index in [2.05, 4.69) is 19.8 Å². The highest BCUT2D eigenvalue weighted by molar-refractivity contribution is 7.92. The fourth-order valence-electron chi connectivity index (χ4n) is 3.67. The van der Waals surface area contributed by atoms with Crippen molar-refractivity contribution in [1.29, 1.82) is 0 Å². The summed E-state index contributed by atoms with van der Waals surface area (Å²) in [5, 5.41) is 3.84. The monoisotopic (exact) mass is 511 g/mol. The van der Waals surface area contributed by atoms with Gasteiger partial charge in [-0.05, 0) is 43.2 Å². The number of rotatable bonds is 7. The van der Waals surface area contributed by atoms with Crippen molar-refractivity contribution in [2.75, 3.05) is 4.72 Å². The van der Waals surface area contributed by atoms with Gasteiger partial charge >= 0.3 is 0 Å². The highest BCUT2D eigenvalue weighted by atomic mass is 35.5. The van der Waals surface area contributed by atoms with E-state index in [-0.39, 0.29) is 23.2 Å². The molecule has 35 heavy (non-hydrogen) atoms. The third-order valence-corrected chi connectivity index (χ3v) is 6.94. The maximum Gasteiger partial charge on any atom is 0.264 e. The van der Waals surface area contributed by atoms with E-state index in [0.29, 0.717) is 29.3 Å². The Bertz CT molecular complexity index is 1540. The largest absolute Gasteiger partial charge is 0.445 e. The van der Waals surface area contributed by atoms with Gasteiger partial charge in [0.1, 0.15) is 6.26 Å². The number of imidazole rings is 1. The highest BCUT2D eigenvalue weighted by Crippen LogP contribution is 2.34. The van der Waals surface area contributed by atoms with Crippen LogP contribution in [0.25, 0.3) is 22.6 Å². The van der Waals surface area contributed by atoms with Crippen LogP contribution in [0.3, 0.4) is 0 Å². The quantitative estimate of drug-likeness (QED) is 0.324. The van der Waals surface area contributed by atoms with E-state index in [1.807, 2.05) is 29.0 Å². The Morgan fingerprint density at radius 2 is 1.89 bits per heavy atom. The third-order valence-electron chi connectivity index (χ3n) is 5.55. The normalized spacial score (nSPS) is 11.3. The summed E-state index contributed by atoms with van der Waals surface area (Å²) in [6.45, 7) is 3.98. The van der Waals surface area contributed by atoms with Crippen LogP contribution >= 0.6 is 12.4 Å². The van der Waals surface area contributed by atoms with Gasteiger partial charge in [-0.3, -0.25) is 0 Å². The molecule has 0 radical (unpaired) electrons. The van der Waals surface area contributed by atoms with Gasteiger partial charge < -0.3 is 13.5 Å². The van der Waals surface area contributed by atoms with E-state index >= 15 is 0 Å². The minimum Gasteiger partial charge on any atom is -0.445 e. The Morgan fingerprint density at radius 1 is 1.06 bits per heavy atom. The number of nitrogens with zero attached hydrogens (tertiary/aromatic N) is 4. The first kappa shape index (κ1) is 24.2. The van der Waals surface area contributed by atoms with Crippen LogP contribution in [-0.4, -0.2) is 28.1 Å². The van der Waals surface area contributed by atoms with E-state index in [1.165, 1.54) is 6.26 Å². The predicted molar refractivity (Wildman–Crippen MR) is 133 cm³/mol. The van der Waals surface area contributed by atoms with Crippen molar-refractivity contribution < 1.29 is 17.4 Å². The van der Waals surface area contributed by atoms with Crippen LogP contribution < -0.4 is 4.72 Å². The van der Waals surface area contributed by atoms with Crippen LogP contribution in [0.2, 0.25) is 0 Å². The molecule has 9 nitrogen and oxygen atoms in total. The van der Waals surface area contributed by atoms with Crippen LogP contribution in [0.15, 0.2) is 87.5 Å². The number of oxazole rings is 1. The number of aryl methyl sites for hydroxylation is 1. The van der Waals surface area contributed by atoms with E-state index in [4.69, 9.17) is 8.94 Å². The van der Waals surface area contributed by atoms with Crippen LogP contribution in [0.4, 0.5) is 5.88 Å². The summed E-state index contributed by atoms with van der Waals surface area (Å²) in [6.07, 6.45) is 8.35. The Balaban J connectivity index is 0.00000289. The molecule has 3 aromatic heterocycles. The first-order valence-corrected chi connectivity index (χ1v) is 11.9. The van der Waals surface area contributed by atoms with Crippen molar-refractivity contribution in [3.8, 4) is 22.6 Å². The topological polar surface area (TPSA) is 116 Å². The molecule has 5 rings (SSSR count). The molecule has 0 saturated carbocycles. The lowest BCUT2D eigenvalue weighted by Gasteiger charge is -2.16. The summed E-state index contributed by atoms with van der Waals surface area (Å²) in [4.78, 5) is 8.47. The zero-order valence-corrected chi connectivity index (χ0v) is 20.5. The first-order chi connectivity index (χ1) is 16.4. The van der Waals surface area contributed by atoms with Gasteiger partial charge in [0.2, 0.25) is 11.8 Å². The van der Waals surface area contributed by atoms with Gasteiger partial charge in [0.05, 0.1) is 23.1 Å². The van der Waals surface area contributed by atoms with Crippen LogP contribution in [0, 0.1) is 13.8 Å². The highest BCUT2D eigenvalue weighted by Gasteiger charge is 2.24. The van der Waals surface area contributed by atoms with Crippen molar-refractivity contribution in [3.63, 3.8) is 0 Å². The number of nitrogens with one attached hydrogen (secondary N) is 1.